The Morgan fingerprint density at radius 3 is 2.58 bits per heavy atom. The minimum atomic E-state index is -0.522. The molecule has 0 fully saturated rings. The summed E-state index contributed by atoms with van der Waals surface area (Å²) in [6, 6.07) is 18.3. The lowest BCUT2D eigenvalue weighted by Crippen LogP contribution is -2.38. The molecule has 0 bridgehead atoms. The monoisotopic (exact) mass is 506 g/mol. The van der Waals surface area contributed by atoms with Crippen molar-refractivity contribution in [3.8, 4) is 0 Å². The van der Waals surface area contributed by atoms with Crippen LogP contribution in [-0.4, -0.2) is 33.3 Å². The molecule has 0 aliphatic heterocycles. The number of fused-ring (bicyclic) bond motifs is 1. The summed E-state index contributed by atoms with van der Waals surface area (Å²) in [6.07, 6.45) is 3.11. The maximum atomic E-state index is 13.7. The number of halogens is 2. The van der Waals surface area contributed by atoms with Crippen molar-refractivity contribution in [2.75, 3.05) is 13.1 Å². The van der Waals surface area contributed by atoms with E-state index in [0.717, 1.165) is 11.6 Å². The van der Waals surface area contributed by atoms with Crippen molar-refractivity contribution in [1.82, 2.24) is 14.3 Å². The van der Waals surface area contributed by atoms with Gasteiger partial charge in [-0.3, -0.25) is 14.0 Å². The van der Waals surface area contributed by atoms with Gasteiger partial charge in [0.05, 0.1) is 22.3 Å². The molecule has 0 aliphatic carbocycles. The Morgan fingerprint density at radius 1 is 1.14 bits per heavy atom. The van der Waals surface area contributed by atoms with Gasteiger partial charge in [0.15, 0.2) is 0 Å². The van der Waals surface area contributed by atoms with E-state index in [1.165, 1.54) is 16.5 Å². The van der Waals surface area contributed by atoms with Crippen LogP contribution in [0.2, 0.25) is 5.02 Å². The Hall–Kier alpha value is -3.55. The third kappa shape index (κ3) is 5.32. The Labute approximate surface area is 214 Å². The lowest BCUT2D eigenvalue weighted by atomic mass is 9.97. The second-order valence-corrected chi connectivity index (χ2v) is 8.97. The van der Waals surface area contributed by atoms with Crippen LogP contribution < -0.4 is 11.3 Å². The third-order valence-corrected chi connectivity index (χ3v) is 6.50. The molecule has 186 valence electrons. The Morgan fingerprint density at radius 2 is 1.89 bits per heavy atom. The molecule has 0 saturated heterocycles. The van der Waals surface area contributed by atoms with E-state index in [0.29, 0.717) is 49.3 Å². The first kappa shape index (κ1) is 25.5. The summed E-state index contributed by atoms with van der Waals surface area (Å²) >= 11 is 6.26. The zero-order valence-corrected chi connectivity index (χ0v) is 20.8. The molecule has 1 atom stereocenters. The van der Waals surface area contributed by atoms with Crippen LogP contribution in [0.4, 0.5) is 4.39 Å². The van der Waals surface area contributed by atoms with E-state index in [1.54, 1.807) is 23.2 Å². The molecule has 4 aromatic rings. The fraction of sp³-hybridized carbons (Fsp3) is 0.250. The van der Waals surface area contributed by atoms with Gasteiger partial charge >= 0.3 is 0 Å². The zero-order chi connectivity index (χ0) is 25.7. The number of carbonyl (C=O) groups excluding carboxylic acids is 1. The Bertz CT molecular complexity index is 1420. The van der Waals surface area contributed by atoms with Crippen molar-refractivity contribution in [2.45, 2.75) is 32.2 Å². The van der Waals surface area contributed by atoms with Gasteiger partial charge in [0, 0.05) is 24.7 Å². The second-order valence-electron chi connectivity index (χ2n) is 8.56. The van der Waals surface area contributed by atoms with Crippen molar-refractivity contribution < 1.29 is 9.18 Å². The van der Waals surface area contributed by atoms with E-state index in [2.05, 4.69) is 0 Å². The van der Waals surface area contributed by atoms with E-state index >= 15 is 0 Å². The van der Waals surface area contributed by atoms with Crippen molar-refractivity contribution in [3.05, 3.63) is 117 Å². The number of aromatic nitrogens is 2. The molecular weight excluding hydrogens is 479 g/mol. The van der Waals surface area contributed by atoms with E-state index in [-0.39, 0.29) is 22.1 Å². The van der Waals surface area contributed by atoms with Crippen molar-refractivity contribution in [1.29, 1.82) is 0 Å². The highest BCUT2D eigenvalue weighted by Crippen LogP contribution is 2.30. The van der Waals surface area contributed by atoms with E-state index in [9.17, 15) is 14.0 Å². The molecule has 8 heteroatoms. The minimum Gasteiger partial charge on any atom is -0.330 e. The number of nitrogens with zero attached hydrogens (tertiary/aromatic N) is 3. The summed E-state index contributed by atoms with van der Waals surface area (Å²) < 4.78 is 15.2. The molecule has 4 rings (SSSR count). The average Bonchev–Trinajstić information content (AvgIpc) is 2.88. The predicted octanol–water partition coefficient (Wildman–Crippen LogP) is 5.02. The molecule has 2 aromatic carbocycles. The van der Waals surface area contributed by atoms with Gasteiger partial charge in [-0.05, 0) is 55.3 Å². The first-order chi connectivity index (χ1) is 17.4. The molecule has 2 heterocycles. The van der Waals surface area contributed by atoms with Gasteiger partial charge < -0.3 is 10.6 Å². The molecule has 6 nitrogen and oxygen atoms in total. The van der Waals surface area contributed by atoms with Crippen LogP contribution in [0.1, 0.15) is 53.0 Å². The summed E-state index contributed by atoms with van der Waals surface area (Å²) in [5.41, 5.74) is 8.33. The summed E-state index contributed by atoms with van der Waals surface area (Å²) in [4.78, 5) is 34.0. The summed E-state index contributed by atoms with van der Waals surface area (Å²) in [5.74, 6) is -0.882. The maximum Gasteiger partial charge on any atom is 0.261 e. The van der Waals surface area contributed by atoms with Crippen LogP contribution in [0.5, 0.6) is 0 Å². The summed E-state index contributed by atoms with van der Waals surface area (Å²) in [6.45, 7) is 2.66. The van der Waals surface area contributed by atoms with Gasteiger partial charge in [-0.15, -0.1) is 0 Å². The van der Waals surface area contributed by atoms with Gasteiger partial charge in [0.1, 0.15) is 11.5 Å². The standard InChI is InChI=1S/C28H28ClFN4O2/c1-2-24(33(16-8-14-31)27(35)21-13-12-20(30)18-23(21)29)26-22(17-19-9-4-3-5-10-19)28(36)34-15-7-6-11-25(34)32-26/h3-7,9-13,15,18,24H,2,8,14,16-17,31H2,1H3. The van der Waals surface area contributed by atoms with Crippen LogP contribution >= 0.6 is 11.6 Å². The number of carbonyl (C=O) groups is 1. The number of pyridine rings is 1. The van der Waals surface area contributed by atoms with E-state index < -0.39 is 11.9 Å². The SMILES string of the molecule is CCC(c1nc2ccccn2c(=O)c1Cc1ccccc1)N(CCCN)C(=O)c1ccc(F)cc1Cl. The van der Waals surface area contributed by atoms with Crippen molar-refractivity contribution >= 4 is 23.2 Å². The van der Waals surface area contributed by atoms with Crippen molar-refractivity contribution in [3.63, 3.8) is 0 Å². The quantitative estimate of drug-likeness (QED) is 0.345. The number of hydrogen-bond donors (Lipinski definition) is 1. The Balaban J connectivity index is 1.88. The number of benzene rings is 2. The van der Waals surface area contributed by atoms with E-state index in [4.69, 9.17) is 22.3 Å². The number of amides is 1. The van der Waals surface area contributed by atoms with Crippen LogP contribution in [0.3, 0.4) is 0 Å². The molecule has 36 heavy (non-hydrogen) atoms. The molecule has 1 amide bonds. The molecular formula is C28H28ClFN4O2. The Kier molecular flexibility index (Phi) is 8.13. The van der Waals surface area contributed by atoms with Crippen LogP contribution in [0.25, 0.3) is 5.65 Å². The zero-order valence-electron chi connectivity index (χ0n) is 20.0. The number of hydrogen-bond acceptors (Lipinski definition) is 4. The third-order valence-electron chi connectivity index (χ3n) is 6.19. The van der Waals surface area contributed by atoms with Gasteiger partial charge in [-0.2, -0.15) is 0 Å². The fourth-order valence-electron chi connectivity index (χ4n) is 4.42. The number of nitrogens with two attached hydrogens (primary N) is 1. The predicted molar refractivity (Wildman–Crippen MR) is 140 cm³/mol. The first-order valence-corrected chi connectivity index (χ1v) is 12.3. The fourth-order valence-corrected chi connectivity index (χ4v) is 4.67. The first-order valence-electron chi connectivity index (χ1n) is 11.9. The van der Waals surface area contributed by atoms with Crippen molar-refractivity contribution in [2.24, 2.45) is 5.73 Å². The lowest BCUT2D eigenvalue weighted by Gasteiger charge is -2.32. The number of rotatable bonds is 9. The highest BCUT2D eigenvalue weighted by Gasteiger charge is 2.30. The molecule has 0 saturated carbocycles. The molecule has 0 radical (unpaired) electrons. The smallest absolute Gasteiger partial charge is 0.261 e. The van der Waals surface area contributed by atoms with Crippen LogP contribution in [0.15, 0.2) is 77.7 Å². The van der Waals surface area contributed by atoms with Gasteiger partial charge in [-0.1, -0.05) is 54.9 Å². The van der Waals surface area contributed by atoms with Gasteiger partial charge in [0.2, 0.25) is 0 Å². The van der Waals surface area contributed by atoms with Gasteiger partial charge in [-0.25, -0.2) is 9.37 Å². The molecule has 0 spiro atoms. The van der Waals surface area contributed by atoms with E-state index in [1.807, 2.05) is 43.3 Å². The largest absolute Gasteiger partial charge is 0.330 e. The second kappa shape index (κ2) is 11.5. The highest BCUT2D eigenvalue weighted by molar-refractivity contribution is 6.33. The van der Waals surface area contributed by atoms with Crippen LogP contribution in [0, 0.1) is 5.82 Å². The lowest BCUT2D eigenvalue weighted by molar-refractivity contribution is 0.0664. The average molecular weight is 507 g/mol. The normalized spacial score (nSPS) is 12.0. The maximum absolute atomic E-state index is 13.7. The molecule has 2 aromatic heterocycles. The van der Waals surface area contributed by atoms with Crippen LogP contribution in [-0.2, 0) is 6.42 Å². The van der Waals surface area contributed by atoms with Gasteiger partial charge in [0.25, 0.3) is 11.5 Å². The molecule has 2 N–H and O–H groups in total. The molecule has 1 unspecified atom stereocenters. The topological polar surface area (TPSA) is 80.7 Å². The summed E-state index contributed by atoms with van der Waals surface area (Å²) in [7, 11) is 0. The highest BCUT2D eigenvalue weighted by atomic mass is 35.5. The minimum absolute atomic E-state index is 0.0312. The summed E-state index contributed by atoms with van der Waals surface area (Å²) in [5, 5.41) is 0.0312. The molecule has 0 aliphatic rings.